The lowest BCUT2D eigenvalue weighted by molar-refractivity contribution is 0.0527. The summed E-state index contributed by atoms with van der Waals surface area (Å²) in [5, 5.41) is 2.01. The zero-order valence-electron chi connectivity index (χ0n) is 12.2. The maximum Gasteiger partial charge on any atom is 0.340 e. The minimum absolute atomic E-state index is 0.263. The Labute approximate surface area is 129 Å². The second-order valence-corrected chi connectivity index (χ2v) is 6.20. The summed E-state index contributed by atoms with van der Waals surface area (Å²) < 4.78 is 5.21. The van der Waals surface area contributed by atoms with Gasteiger partial charge in [0.25, 0.3) is 0 Å². The van der Waals surface area contributed by atoms with Gasteiger partial charge >= 0.3 is 5.97 Å². The largest absolute Gasteiger partial charge is 0.462 e. The van der Waals surface area contributed by atoms with Crippen LogP contribution in [0.2, 0.25) is 0 Å². The van der Waals surface area contributed by atoms with Gasteiger partial charge in [-0.1, -0.05) is 12.5 Å². The van der Waals surface area contributed by atoms with E-state index in [0.717, 1.165) is 29.1 Å². The summed E-state index contributed by atoms with van der Waals surface area (Å²) in [6.07, 6.45) is 5.62. The quantitative estimate of drug-likeness (QED) is 0.628. The molecule has 0 amide bonds. The summed E-state index contributed by atoms with van der Waals surface area (Å²) in [5.41, 5.74) is 3.77. The van der Waals surface area contributed by atoms with Crippen molar-refractivity contribution >= 4 is 17.3 Å². The average Bonchev–Trinajstić information content (AvgIpc) is 2.92. The molecule has 0 N–H and O–H groups in total. The SMILES string of the molecule is CCOC(=O)c1cc2c(nc1-c1cccs1)CCCCC2. The maximum atomic E-state index is 12.3. The first-order valence-corrected chi connectivity index (χ1v) is 8.41. The van der Waals surface area contributed by atoms with Gasteiger partial charge in [-0.05, 0) is 55.7 Å². The first-order chi connectivity index (χ1) is 10.3. The van der Waals surface area contributed by atoms with E-state index < -0.39 is 0 Å². The third-order valence-electron chi connectivity index (χ3n) is 3.80. The van der Waals surface area contributed by atoms with Gasteiger partial charge in [0.2, 0.25) is 0 Å². The lowest BCUT2D eigenvalue weighted by Gasteiger charge is -2.12. The number of esters is 1. The van der Waals surface area contributed by atoms with Gasteiger partial charge in [-0.2, -0.15) is 0 Å². The molecular formula is C17H19NO2S. The number of rotatable bonds is 3. The Bertz CT molecular complexity index is 634. The second-order valence-electron chi connectivity index (χ2n) is 5.25. The molecule has 0 unspecified atom stereocenters. The fourth-order valence-corrected chi connectivity index (χ4v) is 3.50. The monoisotopic (exact) mass is 301 g/mol. The summed E-state index contributed by atoms with van der Waals surface area (Å²) in [7, 11) is 0. The van der Waals surface area contributed by atoms with Crippen molar-refractivity contribution in [1.29, 1.82) is 0 Å². The molecule has 1 aliphatic rings. The van der Waals surface area contributed by atoms with Gasteiger partial charge in [0.05, 0.1) is 22.7 Å². The van der Waals surface area contributed by atoms with E-state index in [0.29, 0.717) is 12.2 Å². The third-order valence-corrected chi connectivity index (χ3v) is 4.68. The number of aromatic nitrogens is 1. The van der Waals surface area contributed by atoms with Crippen LogP contribution >= 0.6 is 11.3 Å². The minimum atomic E-state index is -0.263. The lowest BCUT2D eigenvalue weighted by atomic mass is 10.0. The molecule has 3 rings (SSSR count). The fourth-order valence-electron chi connectivity index (χ4n) is 2.78. The van der Waals surface area contributed by atoms with Crippen molar-refractivity contribution in [3.63, 3.8) is 0 Å². The topological polar surface area (TPSA) is 39.2 Å². The van der Waals surface area contributed by atoms with Crippen LogP contribution in [0.5, 0.6) is 0 Å². The summed E-state index contributed by atoms with van der Waals surface area (Å²) in [4.78, 5) is 18.1. The zero-order valence-corrected chi connectivity index (χ0v) is 13.0. The smallest absolute Gasteiger partial charge is 0.340 e. The number of nitrogens with zero attached hydrogens (tertiary/aromatic N) is 1. The van der Waals surface area contributed by atoms with Crippen molar-refractivity contribution in [1.82, 2.24) is 4.98 Å². The molecule has 21 heavy (non-hydrogen) atoms. The molecule has 0 atom stereocenters. The van der Waals surface area contributed by atoms with Crippen LogP contribution in [-0.2, 0) is 17.6 Å². The highest BCUT2D eigenvalue weighted by atomic mass is 32.1. The van der Waals surface area contributed by atoms with Gasteiger partial charge in [-0.15, -0.1) is 11.3 Å². The Balaban J connectivity index is 2.11. The number of hydrogen-bond donors (Lipinski definition) is 0. The first-order valence-electron chi connectivity index (χ1n) is 7.53. The van der Waals surface area contributed by atoms with E-state index >= 15 is 0 Å². The van der Waals surface area contributed by atoms with E-state index in [1.54, 1.807) is 11.3 Å². The van der Waals surface area contributed by atoms with Crippen molar-refractivity contribution in [2.75, 3.05) is 6.61 Å². The van der Waals surface area contributed by atoms with Crippen molar-refractivity contribution < 1.29 is 9.53 Å². The zero-order chi connectivity index (χ0) is 14.7. The van der Waals surface area contributed by atoms with Crippen molar-refractivity contribution in [3.05, 3.63) is 40.4 Å². The summed E-state index contributed by atoms with van der Waals surface area (Å²) in [6, 6.07) is 6.02. The Kier molecular flexibility index (Phi) is 4.34. The Morgan fingerprint density at radius 2 is 2.19 bits per heavy atom. The Hall–Kier alpha value is -1.68. The molecule has 0 fully saturated rings. The Morgan fingerprint density at radius 1 is 1.33 bits per heavy atom. The predicted octanol–water partition coefficient (Wildman–Crippen LogP) is 4.26. The van der Waals surface area contributed by atoms with E-state index in [2.05, 4.69) is 0 Å². The number of aryl methyl sites for hydroxylation is 2. The molecule has 2 heterocycles. The van der Waals surface area contributed by atoms with Crippen molar-refractivity contribution in [2.45, 2.75) is 39.0 Å². The maximum absolute atomic E-state index is 12.3. The van der Waals surface area contributed by atoms with Crippen LogP contribution in [0.4, 0.5) is 0 Å². The van der Waals surface area contributed by atoms with Gasteiger partial charge in [0.1, 0.15) is 0 Å². The molecule has 110 valence electrons. The van der Waals surface area contributed by atoms with Crippen LogP contribution < -0.4 is 0 Å². The van der Waals surface area contributed by atoms with Crippen LogP contribution in [0.3, 0.4) is 0 Å². The fraction of sp³-hybridized carbons (Fsp3) is 0.412. The van der Waals surface area contributed by atoms with E-state index in [9.17, 15) is 4.79 Å². The van der Waals surface area contributed by atoms with Crippen molar-refractivity contribution in [3.8, 4) is 10.6 Å². The molecule has 0 aromatic carbocycles. The predicted molar refractivity (Wildman–Crippen MR) is 84.8 cm³/mol. The molecular weight excluding hydrogens is 282 g/mol. The highest BCUT2D eigenvalue weighted by Gasteiger charge is 2.20. The van der Waals surface area contributed by atoms with Crippen molar-refractivity contribution in [2.24, 2.45) is 0 Å². The normalized spacial score (nSPS) is 14.3. The number of ether oxygens (including phenoxy) is 1. The summed E-state index contributed by atoms with van der Waals surface area (Å²) in [6.45, 7) is 2.22. The molecule has 0 saturated heterocycles. The molecule has 1 aliphatic carbocycles. The number of carbonyl (C=O) groups is 1. The van der Waals surface area contributed by atoms with E-state index in [4.69, 9.17) is 9.72 Å². The van der Waals surface area contributed by atoms with E-state index in [1.165, 1.54) is 24.8 Å². The molecule has 0 spiro atoms. The van der Waals surface area contributed by atoms with Crippen LogP contribution in [0, 0.1) is 0 Å². The minimum Gasteiger partial charge on any atom is -0.462 e. The van der Waals surface area contributed by atoms with Crippen LogP contribution in [0.15, 0.2) is 23.6 Å². The molecule has 2 aromatic rings. The van der Waals surface area contributed by atoms with E-state index in [1.807, 2.05) is 30.5 Å². The number of thiophene rings is 1. The summed E-state index contributed by atoms with van der Waals surface area (Å²) >= 11 is 1.61. The van der Waals surface area contributed by atoms with Gasteiger partial charge in [0, 0.05) is 5.69 Å². The number of pyridine rings is 1. The van der Waals surface area contributed by atoms with Crippen LogP contribution in [-0.4, -0.2) is 17.6 Å². The second kappa shape index (κ2) is 6.39. The van der Waals surface area contributed by atoms with Crippen LogP contribution in [0.1, 0.15) is 47.8 Å². The third kappa shape index (κ3) is 3.00. The summed E-state index contributed by atoms with van der Waals surface area (Å²) in [5.74, 6) is -0.263. The molecule has 2 aromatic heterocycles. The molecule has 0 saturated carbocycles. The number of carbonyl (C=O) groups excluding carboxylic acids is 1. The highest BCUT2D eigenvalue weighted by Crippen LogP contribution is 2.30. The standard InChI is InChI=1S/C17H19NO2S/c1-2-20-17(19)13-11-12-7-4-3-5-8-14(12)18-16(13)15-9-6-10-21-15/h6,9-11H,2-5,7-8H2,1H3. The Morgan fingerprint density at radius 3 is 2.95 bits per heavy atom. The van der Waals surface area contributed by atoms with Gasteiger partial charge in [-0.25, -0.2) is 4.79 Å². The van der Waals surface area contributed by atoms with Gasteiger partial charge in [-0.3, -0.25) is 4.98 Å². The molecule has 3 nitrogen and oxygen atoms in total. The van der Waals surface area contributed by atoms with Crippen LogP contribution in [0.25, 0.3) is 10.6 Å². The number of fused-ring (bicyclic) bond motifs is 1. The number of hydrogen-bond acceptors (Lipinski definition) is 4. The molecule has 0 radical (unpaired) electrons. The average molecular weight is 301 g/mol. The van der Waals surface area contributed by atoms with Gasteiger partial charge < -0.3 is 4.74 Å². The molecule has 0 bridgehead atoms. The highest BCUT2D eigenvalue weighted by molar-refractivity contribution is 7.13. The lowest BCUT2D eigenvalue weighted by Crippen LogP contribution is -2.10. The van der Waals surface area contributed by atoms with E-state index in [-0.39, 0.29) is 5.97 Å². The molecule has 0 aliphatic heterocycles. The first kappa shape index (κ1) is 14.3. The van der Waals surface area contributed by atoms with Gasteiger partial charge in [0.15, 0.2) is 0 Å². The molecule has 4 heteroatoms.